The maximum Gasteiger partial charge on any atom is 0.0580 e. The Balaban J connectivity index is 2.24. The van der Waals surface area contributed by atoms with Crippen LogP contribution in [0.25, 0.3) is 9.75 Å². The Hall–Kier alpha value is -0.250. The minimum absolute atomic E-state index is 0.223. The van der Waals surface area contributed by atoms with Crippen molar-refractivity contribution in [3.05, 3.63) is 21.9 Å². The molecule has 0 fully saturated rings. The lowest BCUT2D eigenvalue weighted by molar-refractivity contribution is 0.481. The van der Waals surface area contributed by atoms with E-state index in [4.69, 9.17) is 0 Å². The van der Waals surface area contributed by atoms with E-state index in [0.717, 1.165) is 11.8 Å². The lowest BCUT2D eigenvalue weighted by atomic mass is 9.86. The van der Waals surface area contributed by atoms with Crippen molar-refractivity contribution in [3.8, 4) is 9.75 Å². The molecule has 3 rings (SSSR count). The maximum atomic E-state index is 2.76. The van der Waals surface area contributed by atoms with Crippen molar-refractivity contribution in [2.45, 2.75) is 154 Å². The highest BCUT2D eigenvalue weighted by Gasteiger charge is 2.45. The Kier molecular flexibility index (Phi) is 10.9. The molecule has 1 aliphatic heterocycles. The van der Waals surface area contributed by atoms with Gasteiger partial charge in [0.05, 0.1) is 9.75 Å². The van der Waals surface area contributed by atoms with E-state index < -0.39 is 10.0 Å². The van der Waals surface area contributed by atoms with Gasteiger partial charge in [0.2, 0.25) is 0 Å². The summed E-state index contributed by atoms with van der Waals surface area (Å²) < 4.78 is 0. The van der Waals surface area contributed by atoms with E-state index in [1.807, 2.05) is 4.90 Å². The fourth-order valence-electron chi connectivity index (χ4n) is 6.24. The third-order valence-electron chi connectivity index (χ3n) is 8.85. The van der Waals surface area contributed by atoms with Crippen molar-refractivity contribution < 1.29 is 0 Å². The number of fused-ring (bicyclic) bond motifs is 3. The van der Waals surface area contributed by atoms with Crippen molar-refractivity contribution in [2.75, 3.05) is 11.5 Å². The zero-order valence-electron chi connectivity index (χ0n) is 26.0. The molecular weight excluding hydrogens is 505 g/mol. The molecule has 2 aromatic rings. The molecule has 2 unspecified atom stereocenters. The Morgan fingerprint density at radius 1 is 0.676 bits per heavy atom. The summed E-state index contributed by atoms with van der Waals surface area (Å²) in [6, 6.07) is 5.48. The highest BCUT2D eigenvalue weighted by molar-refractivity contribution is 8.34. The fourth-order valence-corrected chi connectivity index (χ4v) is 15.3. The molecule has 0 aliphatic carbocycles. The summed E-state index contributed by atoms with van der Waals surface area (Å²) in [7, 11) is -1.04. The Morgan fingerprint density at radius 2 is 1.14 bits per heavy atom. The van der Waals surface area contributed by atoms with E-state index in [-0.39, 0.29) is 10.8 Å². The van der Waals surface area contributed by atoms with Crippen LogP contribution in [0.15, 0.2) is 21.9 Å². The number of hydrogen-bond donors (Lipinski definition) is 0. The van der Waals surface area contributed by atoms with Gasteiger partial charge in [-0.15, -0.1) is 22.7 Å². The van der Waals surface area contributed by atoms with Crippen molar-refractivity contribution in [2.24, 2.45) is 11.8 Å². The van der Waals surface area contributed by atoms with Crippen LogP contribution in [0.2, 0.25) is 0 Å². The molecule has 0 spiro atoms. The van der Waals surface area contributed by atoms with Crippen molar-refractivity contribution >= 4 is 32.7 Å². The van der Waals surface area contributed by atoms with E-state index in [9.17, 15) is 0 Å². The highest BCUT2D eigenvalue weighted by Crippen LogP contribution is 2.77. The van der Waals surface area contributed by atoms with Crippen molar-refractivity contribution in [3.63, 3.8) is 0 Å². The third kappa shape index (κ3) is 6.74. The summed E-state index contributed by atoms with van der Waals surface area (Å²) in [5.41, 5.74) is 0.499. The maximum absolute atomic E-state index is 2.76. The summed E-state index contributed by atoms with van der Waals surface area (Å²) in [6.07, 6.45) is 13.4. The monoisotopic (exact) mass is 562 g/mol. The average Bonchev–Trinajstić information content (AvgIpc) is 3.53. The smallest absolute Gasteiger partial charge is 0.0580 e. The quantitative estimate of drug-likeness (QED) is 0.202. The molecular formula is C34H58S3. The van der Waals surface area contributed by atoms with Gasteiger partial charge in [-0.3, -0.25) is 0 Å². The second-order valence-corrected chi connectivity index (χ2v) is 19.0. The average molecular weight is 563 g/mol. The zero-order valence-corrected chi connectivity index (χ0v) is 28.5. The first-order valence-electron chi connectivity index (χ1n) is 15.5. The van der Waals surface area contributed by atoms with Gasteiger partial charge in [0.15, 0.2) is 0 Å². The van der Waals surface area contributed by atoms with E-state index in [1.54, 1.807) is 24.4 Å². The predicted molar refractivity (Wildman–Crippen MR) is 175 cm³/mol. The summed E-state index contributed by atoms with van der Waals surface area (Å²) >= 11 is 4.32. The van der Waals surface area contributed by atoms with Crippen LogP contribution < -0.4 is 0 Å². The molecule has 2 atom stereocenters. The minimum atomic E-state index is -1.04. The molecule has 0 saturated heterocycles. The number of hydrogen-bond acceptors (Lipinski definition) is 2. The van der Waals surface area contributed by atoms with Crippen LogP contribution in [-0.4, -0.2) is 11.5 Å². The van der Waals surface area contributed by atoms with Gasteiger partial charge in [-0.2, -0.15) is 10.0 Å². The van der Waals surface area contributed by atoms with E-state index >= 15 is 0 Å². The standard InChI is InChI=1S/C34H58S3/c1-11-16-18-25(14-4)23-37(24-26(15-5)19-17-12-2)27-21-29(33(6,7)8)35-31(27)32-28(37)22-30(36-32)34(9,10)20-13-3/h21-22,25-26H,11-20,23-24H2,1-10H3. The summed E-state index contributed by atoms with van der Waals surface area (Å²) in [4.78, 5) is 10.2. The summed E-state index contributed by atoms with van der Waals surface area (Å²) in [5, 5.41) is 0. The van der Waals surface area contributed by atoms with Gasteiger partial charge in [0.1, 0.15) is 0 Å². The van der Waals surface area contributed by atoms with Crippen LogP contribution in [-0.2, 0) is 10.8 Å². The SMILES string of the molecule is CCCCC(CC)CS1(CC(CC)CCCC)c2cc(C(C)(C)C)sc2-c2sc(C(C)(C)CCC)cc21. The molecule has 3 heterocycles. The Labute approximate surface area is 240 Å². The van der Waals surface area contributed by atoms with Crippen LogP contribution in [0.4, 0.5) is 0 Å². The van der Waals surface area contributed by atoms with Gasteiger partial charge in [0, 0.05) is 19.5 Å². The molecule has 37 heavy (non-hydrogen) atoms. The highest BCUT2D eigenvalue weighted by atomic mass is 32.3. The van der Waals surface area contributed by atoms with E-state index in [0.29, 0.717) is 0 Å². The van der Waals surface area contributed by atoms with Crippen molar-refractivity contribution in [1.82, 2.24) is 0 Å². The van der Waals surface area contributed by atoms with Gasteiger partial charge in [-0.05, 0) is 65.6 Å². The molecule has 212 valence electrons. The molecule has 1 aliphatic rings. The van der Waals surface area contributed by atoms with Crippen molar-refractivity contribution in [1.29, 1.82) is 0 Å². The molecule has 0 radical (unpaired) electrons. The first kappa shape index (κ1) is 31.3. The first-order valence-corrected chi connectivity index (χ1v) is 19.1. The third-order valence-corrected chi connectivity index (χ3v) is 16.7. The summed E-state index contributed by atoms with van der Waals surface area (Å²) in [6.45, 7) is 24.3. The second-order valence-electron chi connectivity index (χ2n) is 13.5. The number of thiophene rings is 2. The number of rotatable bonds is 15. The number of unbranched alkanes of at least 4 members (excludes halogenated alkanes) is 2. The van der Waals surface area contributed by atoms with Crippen LogP contribution in [0.3, 0.4) is 0 Å². The van der Waals surface area contributed by atoms with E-state index in [2.05, 4.69) is 104 Å². The molecule has 0 N–H and O–H groups in total. The molecule has 0 amide bonds. The lowest BCUT2D eigenvalue weighted by Crippen LogP contribution is -2.21. The van der Waals surface area contributed by atoms with Gasteiger partial charge in [-0.1, -0.05) is 114 Å². The molecule has 0 aromatic carbocycles. The van der Waals surface area contributed by atoms with Crippen LogP contribution in [0.5, 0.6) is 0 Å². The molecule has 0 nitrogen and oxygen atoms in total. The fraction of sp³-hybridized carbons (Fsp3) is 0.765. The van der Waals surface area contributed by atoms with Gasteiger partial charge >= 0.3 is 0 Å². The second kappa shape index (κ2) is 12.9. The van der Waals surface area contributed by atoms with E-state index in [1.165, 1.54) is 75.7 Å². The topological polar surface area (TPSA) is 0 Å². The van der Waals surface area contributed by atoms with Gasteiger partial charge in [0.25, 0.3) is 0 Å². The first-order chi connectivity index (χ1) is 17.5. The molecule has 2 aromatic heterocycles. The normalized spacial score (nSPS) is 20.9. The largest absolute Gasteiger partial charge is 0.184 e. The molecule has 3 heteroatoms. The van der Waals surface area contributed by atoms with Gasteiger partial charge < -0.3 is 0 Å². The van der Waals surface area contributed by atoms with Crippen LogP contribution in [0.1, 0.15) is 143 Å². The zero-order chi connectivity index (χ0) is 27.4. The Morgan fingerprint density at radius 3 is 1.54 bits per heavy atom. The lowest BCUT2D eigenvalue weighted by Gasteiger charge is -2.43. The van der Waals surface area contributed by atoms with Crippen LogP contribution in [0, 0.1) is 11.8 Å². The van der Waals surface area contributed by atoms with Gasteiger partial charge in [-0.25, -0.2) is 0 Å². The minimum Gasteiger partial charge on any atom is -0.184 e. The Bertz CT molecular complexity index is 965. The molecule has 0 bridgehead atoms. The molecule has 0 saturated carbocycles. The summed E-state index contributed by atoms with van der Waals surface area (Å²) in [5.74, 6) is 4.55. The van der Waals surface area contributed by atoms with Crippen LogP contribution >= 0.6 is 32.7 Å². The predicted octanol–water partition coefficient (Wildman–Crippen LogP) is 12.8.